The predicted octanol–water partition coefficient (Wildman–Crippen LogP) is 4.31. The molecule has 3 heteroatoms. The summed E-state index contributed by atoms with van der Waals surface area (Å²) in [5.74, 6) is 0.0524. The summed E-state index contributed by atoms with van der Waals surface area (Å²) in [5, 5.41) is 1.62. The lowest BCUT2D eigenvalue weighted by Gasteiger charge is -2.05. The molecular weight excluding hydrogens is 270 g/mol. The van der Waals surface area contributed by atoms with Gasteiger partial charge in [0.1, 0.15) is 0 Å². The first-order valence-corrected chi connectivity index (χ1v) is 6.73. The van der Waals surface area contributed by atoms with Crippen LogP contribution in [0.5, 0.6) is 0 Å². The number of carbonyl (C=O) groups excluding carboxylic acids is 1. The fraction of sp³-hybridized carbons (Fsp3) is 0.0588. The number of para-hydroxylation sites is 1. The first-order chi connectivity index (χ1) is 9.74. The van der Waals surface area contributed by atoms with E-state index in [1.54, 1.807) is 12.3 Å². The van der Waals surface area contributed by atoms with E-state index in [1.165, 1.54) is 0 Å². The van der Waals surface area contributed by atoms with E-state index in [-0.39, 0.29) is 5.78 Å². The minimum absolute atomic E-state index is 0.0524. The highest BCUT2D eigenvalue weighted by Gasteiger charge is 2.11. The standard InChI is InChI=1S/C17H12ClNO/c18-14-7-1-4-12(10-14)11-16(20)15-8-2-5-13-6-3-9-19-17(13)15/h1-10H,11H2. The Hall–Kier alpha value is -2.19. The quantitative estimate of drug-likeness (QED) is 0.670. The summed E-state index contributed by atoms with van der Waals surface area (Å²) < 4.78 is 0. The third kappa shape index (κ3) is 2.56. The number of aromatic nitrogens is 1. The second-order valence-electron chi connectivity index (χ2n) is 4.61. The molecule has 0 radical (unpaired) electrons. The molecule has 1 heterocycles. The summed E-state index contributed by atoms with van der Waals surface area (Å²) in [6.45, 7) is 0. The zero-order chi connectivity index (χ0) is 13.9. The molecule has 0 N–H and O–H groups in total. The topological polar surface area (TPSA) is 30.0 Å². The Labute approximate surface area is 122 Å². The first-order valence-electron chi connectivity index (χ1n) is 6.35. The highest BCUT2D eigenvalue weighted by Crippen LogP contribution is 2.19. The van der Waals surface area contributed by atoms with Crippen LogP contribution in [0.15, 0.2) is 60.8 Å². The van der Waals surface area contributed by atoms with Crippen LogP contribution in [0.3, 0.4) is 0 Å². The number of nitrogens with zero attached hydrogens (tertiary/aromatic N) is 1. The molecule has 98 valence electrons. The molecule has 3 aromatic rings. The van der Waals surface area contributed by atoms with Gasteiger partial charge in [-0.3, -0.25) is 9.78 Å². The smallest absolute Gasteiger partial charge is 0.169 e. The molecular formula is C17H12ClNO. The predicted molar refractivity (Wildman–Crippen MR) is 81.2 cm³/mol. The molecule has 0 atom stereocenters. The second kappa shape index (κ2) is 5.43. The largest absolute Gasteiger partial charge is 0.294 e. The zero-order valence-corrected chi connectivity index (χ0v) is 11.5. The van der Waals surface area contributed by atoms with Crippen molar-refractivity contribution in [3.63, 3.8) is 0 Å². The summed E-state index contributed by atoms with van der Waals surface area (Å²) in [7, 11) is 0. The summed E-state index contributed by atoms with van der Waals surface area (Å²) in [6, 6.07) is 16.9. The van der Waals surface area contributed by atoms with Gasteiger partial charge >= 0.3 is 0 Å². The zero-order valence-electron chi connectivity index (χ0n) is 10.7. The van der Waals surface area contributed by atoms with Crippen molar-refractivity contribution in [2.24, 2.45) is 0 Å². The Bertz CT molecular complexity index is 777. The van der Waals surface area contributed by atoms with Gasteiger partial charge in [0, 0.05) is 28.6 Å². The van der Waals surface area contributed by atoms with Crippen LogP contribution in [-0.2, 0) is 6.42 Å². The van der Waals surface area contributed by atoms with E-state index in [4.69, 9.17) is 11.6 Å². The monoisotopic (exact) mass is 281 g/mol. The van der Waals surface area contributed by atoms with Crippen LogP contribution in [0.1, 0.15) is 15.9 Å². The molecule has 0 unspecified atom stereocenters. The molecule has 0 saturated heterocycles. The van der Waals surface area contributed by atoms with Gasteiger partial charge in [0.25, 0.3) is 0 Å². The van der Waals surface area contributed by atoms with E-state index in [9.17, 15) is 4.79 Å². The van der Waals surface area contributed by atoms with Crippen molar-refractivity contribution in [1.82, 2.24) is 4.98 Å². The minimum Gasteiger partial charge on any atom is -0.294 e. The van der Waals surface area contributed by atoms with Gasteiger partial charge in [-0.15, -0.1) is 0 Å². The Morgan fingerprint density at radius 3 is 2.70 bits per heavy atom. The van der Waals surface area contributed by atoms with Crippen LogP contribution in [0.4, 0.5) is 0 Å². The number of carbonyl (C=O) groups is 1. The lowest BCUT2D eigenvalue weighted by molar-refractivity contribution is 0.0994. The summed E-state index contributed by atoms with van der Waals surface area (Å²) in [4.78, 5) is 16.8. The molecule has 0 fully saturated rings. The van der Waals surface area contributed by atoms with Gasteiger partial charge in [0.05, 0.1) is 5.52 Å². The van der Waals surface area contributed by atoms with E-state index in [2.05, 4.69) is 4.98 Å². The lowest BCUT2D eigenvalue weighted by atomic mass is 10.0. The maximum Gasteiger partial charge on any atom is 0.169 e. The van der Waals surface area contributed by atoms with Crippen LogP contribution < -0.4 is 0 Å². The molecule has 0 bridgehead atoms. The van der Waals surface area contributed by atoms with Gasteiger partial charge in [-0.05, 0) is 29.8 Å². The third-order valence-electron chi connectivity index (χ3n) is 3.19. The summed E-state index contributed by atoms with van der Waals surface area (Å²) in [5.41, 5.74) is 2.32. The van der Waals surface area contributed by atoms with Crippen molar-refractivity contribution in [3.8, 4) is 0 Å². The normalized spacial score (nSPS) is 10.7. The maximum absolute atomic E-state index is 12.5. The average Bonchev–Trinajstić information content (AvgIpc) is 2.46. The molecule has 0 saturated carbocycles. The number of Topliss-reactive ketones (excluding diaryl/α,β-unsaturated/α-hetero) is 1. The second-order valence-corrected chi connectivity index (χ2v) is 5.05. The number of pyridine rings is 1. The number of rotatable bonds is 3. The number of halogens is 1. The van der Waals surface area contributed by atoms with Crippen LogP contribution in [0.25, 0.3) is 10.9 Å². The van der Waals surface area contributed by atoms with Gasteiger partial charge in [0.15, 0.2) is 5.78 Å². The molecule has 20 heavy (non-hydrogen) atoms. The lowest BCUT2D eigenvalue weighted by Crippen LogP contribution is -2.05. The average molecular weight is 282 g/mol. The molecule has 0 aliphatic heterocycles. The van der Waals surface area contributed by atoms with Gasteiger partial charge in [-0.1, -0.05) is 41.9 Å². The van der Waals surface area contributed by atoms with E-state index in [0.717, 1.165) is 16.5 Å². The van der Waals surface area contributed by atoms with Crippen molar-refractivity contribution >= 4 is 28.3 Å². The van der Waals surface area contributed by atoms with Gasteiger partial charge in [0.2, 0.25) is 0 Å². The first kappa shape index (κ1) is 12.8. The minimum atomic E-state index is 0.0524. The Morgan fingerprint density at radius 1 is 1.05 bits per heavy atom. The number of ketones is 1. The summed E-state index contributed by atoms with van der Waals surface area (Å²) >= 11 is 5.95. The van der Waals surface area contributed by atoms with Crippen molar-refractivity contribution < 1.29 is 4.79 Å². The van der Waals surface area contributed by atoms with Crippen molar-refractivity contribution in [2.45, 2.75) is 6.42 Å². The van der Waals surface area contributed by atoms with Gasteiger partial charge in [-0.25, -0.2) is 0 Å². The fourth-order valence-corrected chi connectivity index (χ4v) is 2.47. The summed E-state index contributed by atoms with van der Waals surface area (Å²) in [6.07, 6.45) is 2.04. The SMILES string of the molecule is O=C(Cc1cccc(Cl)c1)c1cccc2cccnc12. The van der Waals surface area contributed by atoms with E-state index in [1.807, 2.05) is 48.5 Å². The third-order valence-corrected chi connectivity index (χ3v) is 3.42. The number of hydrogen-bond acceptors (Lipinski definition) is 2. The Balaban J connectivity index is 1.97. The van der Waals surface area contributed by atoms with Crippen molar-refractivity contribution in [1.29, 1.82) is 0 Å². The molecule has 3 rings (SSSR count). The van der Waals surface area contributed by atoms with E-state index >= 15 is 0 Å². The highest BCUT2D eigenvalue weighted by molar-refractivity contribution is 6.30. The van der Waals surface area contributed by atoms with Crippen LogP contribution >= 0.6 is 11.6 Å². The number of fused-ring (bicyclic) bond motifs is 1. The molecule has 0 aliphatic carbocycles. The molecule has 0 spiro atoms. The van der Waals surface area contributed by atoms with Crippen LogP contribution in [-0.4, -0.2) is 10.8 Å². The number of hydrogen-bond donors (Lipinski definition) is 0. The van der Waals surface area contributed by atoms with Crippen LogP contribution in [0, 0.1) is 0 Å². The van der Waals surface area contributed by atoms with Gasteiger partial charge in [-0.2, -0.15) is 0 Å². The molecule has 0 aliphatic rings. The molecule has 2 nitrogen and oxygen atoms in total. The molecule has 0 amide bonds. The van der Waals surface area contributed by atoms with Crippen LogP contribution in [0.2, 0.25) is 5.02 Å². The van der Waals surface area contributed by atoms with Gasteiger partial charge < -0.3 is 0 Å². The number of benzene rings is 2. The fourth-order valence-electron chi connectivity index (χ4n) is 2.26. The van der Waals surface area contributed by atoms with E-state index in [0.29, 0.717) is 17.0 Å². The highest BCUT2D eigenvalue weighted by atomic mass is 35.5. The molecule has 1 aromatic heterocycles. The maximum atomic E-state index is 12.5. The molecule has 2 aromatic carbocycles. The Morgan fingerprint density at radius 2 is 1.85 bits per heavy atom. The van der Waals surface area contributed by atoms with Crippen molar-refractivity contribution in [2.75, 3.05) is 0 Å². The van der Waals surface area contributed by atoms with Crippen molar-refractivity contribution in [3.05, 3.63) is 76.9 Å². The Kier molecular flexibility index (Phi) is 3.48. The van der Waals surface area contributed by atoms with E-state index < -0.39 is 0 Å².